The van der Waals surface area contributed by atoms with Crippen LogP contribution in [0.5, 0.6) is 0 Å². The van der Waals surface area contributed by atoms with Crippen molar-refractivity contribution in [3.63, 3.8) is 0 Å². The second kappa shape index (κ2) is 9.51. The molecule has 0 radical (unpaired) electrons. The maximum absolute atomic E-state index is 11.5. The minimum absolute atomic E-state index is 0.0340. The molecule has 3 rings (SSSR count). The lowest BCUT2D eigenvalue weighted by atomic mass is 9.59. The van der Waals surface area contributed by atoms with Gasteiger partial charge in [-0.15, -0.1) is 0 Å². The molecule has 0 aromatic rings. The summed E-state index contributed by atoms with van der Waals surface area (Å²) in [6.45, 7) is 12.5. The molecule has 7 atom stereocenters. The Labute approximate surface area is 188 Å². The van der Waals surface area contributed by atoms with Crippen LogP contribution in [0.2, 0.25) is 0 Å². The Hall–Kier alpha value is -0.940. The molecule has 0 amide bonds. The zero-order valence-electron chi connectivity index (χ0n) is 20.0. The Balaban J connectivity index is 1.78. The molecule has 4 nitrogen and oxygen atoms in total. The highest BCUT2D eigenvalue weighted by Crippen LogP contribution is 2.60. The summed E-state index contributed by atoms with van der Waals surface area (Å²) in [4.78, 5) is 0. The normalized spacial score (nSPS) is 39.7. The molecular weight excluding hydrogens is 388 g/mol. The zero-order chi connectivity index (χ0) is 23.0. The van der Waals surface area contributed by atoms with E-state index in [-0.39, 0.29) is 11.3 Å². The van der Waals surface area contributed by atoms with Crippen molar-refractivity contribution in [2.45, 2.75) is 109 Å². The average molecular weight is 433 g/mol. The maximum atomic E-state index is 11.5. The van der Waals surface area contributed by atoms with Gasteiger partial charge in [-0.25, -0.2) is 0 Å². The SMILES string of the molecule is C=C1/C(=C\C=C2/CCC[C@@]3(C)[C@H]2CC[C@@H]3[C@@](C)(O)C[C@@H](O)CC(C)C)C[C@@H](O)C[C@@H]1O. The van der Waals surface area contributed by atoms with Crippen molar-refractivity contribution in [3.8, 4) is 0 Å². The predicted octanol–water partition coefficient (Wildman–Crippen LogP) is 4.68. The molecule has 0 heterocycles. The van der Waals surface area contributed by atoms with Crippen LogP contribution >= 0.6 is 0 Å². The van der Waals surface area contributed by atoms with Crippen LogP contribution in [0.15, 0.2) is 35.5 Å². The van der Waals surface area contributed by atoms with Crippen LogP contribution in [0.4, 0.5) is 0 Å². The van der Waals surface area contributed by atoms with Crippen molar-refractivity contribution < 1.29 is 20.4 Å². The van der Waals surface area contributed by atoms with Crippen LogP contribution < -0.4 is 0 Å². The van der Waals surface area contributed by atoms with Crippen LogP contribution in [0.1, 0.15) is 85.5 Å². The van der Waals surface area contributed by atoms with Gasteiger partial charge >= 0.3 is 0 Å². The number of allylic oxidation sites excluding steroid dienone is 3. The number of fused-ring (bicyclic) bond motifs is 1. The molecule has 3 saturated carbocycles. The smallest absolute Gasteiger partial charge is 0.0811 e. The molecule has 0 spiro atoms. The summed E-state index contributed by atoms with van der Waals surface area (Å²) < 4.78 is 0. The highest BCUT2D eigenvalue weighted by molar-refractivity contribution is 5.38. The zero-order valence-corrected chi connectivity index (χ0v) is 20.0. The Morgan fingerprint density at radius 2 is 1.94 bits per heavy atom. The van der Waals surface area contributed by atoms with E-state index < -0.39 is 23.9 Å². The summed E-state index contributed by atoms with van der Waals surface area (Å²) >= 11 is 0. The fraction of sp³-hybridized carbons (Fsp3) is 0.778. The first kappa shape index (κ1) is 24.7. The first-order valence-corrected chi connectivity index (χ1v) is 12.3. The van der Waals surface area contributed by atoms with Gasteiger partial charge in [-0.05, 0) is 86.2 Å². The van der Waals surface area contributed by atoms with Gasteiger partial charge in [-0.3, -0.25) is 0 Å². The Bertz CT molecular complexity index is 719. The third kappa shape index (κ3) is 5.35. The number of rotatable bonds is 6. The minimum atomic E-state index is -0.870. The van der Waals surface area contributed by atoms with E-state index in [1.165, 1.54) is 5.57 Å². The van der Waals surface area contributed by atoms with Crippen LogP contribution in [0, 0.1) is 23.2 Å². The second-order valence-corrected chi connectivity index (χ2v) is 11.5. The molecule has 0 bridgehead atoms. The van der Waals surface area contributed by atoms with Gasteiger partial charge in [0.05, 0.1) is 23.9 Å². The van der Waals surface area contributed by atoms with Crippen LogP contribution in [-0.4, -0.2) is 44.3 Å². The molecule has 0 aromatic heterocycles. The highest BCUT2D eigenvalue weighted by Gasteiger charge is 2.55. The van der Waals surface area contributed by atoms with Crippen LogP contribution in [0.3, 0.4) is 0 Å². The Kier molecular flexibility index (Phi) is 7.57. The van der Waals surface area contributed by atoms with Gasteiger partial charge in [0.25, 0.3) is 0 Å². The summed E-state index contributed by atoms with van der Waals surface area (Å²) in [6.07, 6.45) is 10.1. The quantitative estimate of drug-likeness (QED) is 0.491. The number of aliphatic hydroxyl groups is 4. The van der Waals surface area contributed by atoms with E-state index in [0.29, 0.717) is 31.1 Å². The lowest BCUT2D eigenvalue weighted by molar-refractivity contribution is -0.0867. The maximum Gasteiger partial charge on any atom is 0.0811 e. The van der Waals surface area contributed by atoms with Gasteiger partial charge in [0.1, 0.15) is 0 Å². The largest absolute Gasteiger partial charge is 0.393 e. The van der Waals surface area contributed by atoms with Crippen molar-refractivity contribution >= 4 is 0 Å². The molecule has 3 aliphatic carbocycles. The summed E-state index contributed by atoms with van der Waals surface area (Å²) in [5, 5.41) is 42.1. The molecular formula is C27H44O4. The molecule has 0 aromatic carbocycles. The third-order valence-corrected chi connectivity index (χ3v) is 8.37. The molecule has 0 unspecified atom stereocenters. The van der Waals surface area contributed by atoms with E-state index in [4.69, 9.17) is 0 Å². The van der Waals surface area contributed by atoms with Crippen LogP contribution in [0.25, 0.3) is 0 Å². The summed E-state index contributed by atoms with van der Waals surface area (Å²) in [5.74, 6) is 1.03. The number of hydrogen-bond donors (Lipinski definition) is 4. The predicted molar refractivity (Wildman–Crippen MR) is 125 cm³/mol. The average Bonchev–Trinajstić information content (AvgIpc) is 3.00. The van der Waals surface area contributed by atoms with Gasteiger partial charge in [-0.1, -0.05) is 45.1 Å². The summed E-state index contributed by atoms with van der Waals surface area (Å²) in [5.41, 5.74) is 2.26. The van der Waals surface area contributed by atoms with Gasteiger partial charge in [0.15, 0.2) is 0 Å². The van der Waals surface area contributed by atoms with E-state index in [1.54, 1.807) is 0 Å². The number of hydrogen-bond acceptors (Lipinski definition) is 4. The van der Waals surface area contributed by atoms with E-state index in [1.807, 2.05) is 6.92 Å². The van der Waals surface area contributed by atoms with E-state index in [9.17, 15) is 20.4 Å². The molecule has 176 valence electrons. The Morgan fingerprint density at radius 1 is 1.23 bits per heavy atom. The fourth-order valence-corrected chi connectivity index (χ4v) is 6.97. The molecule has 0 aliphatic heterocycles. The van der Waals surface area contributed by atoms with Crippen molar-refractivity contribution in [2.75, 3.05) is 0 Å². The van der Waals surface area contributed by atoms with Crippen molar-refractivity contribution in [1.82, 2.24) is 0 Å². The van der Waals surface area contributed by atoms with Crippen molar-refractivity contribution in [1.29, 1.82) is 0 Å². The molecule has 4 N–H and O–H groups in total. The third-order valence-electron chi connectivity index (χ3n) is 8.37. The van der Waals surface area contributed by atoms with Gasteiger partial charge < -0.3 is 20.4 Å². The lowest BCUT2D eigenvalue weighted by Crippen LogP contribution is -2.47. The highest BCUT2D eigenvalue weighted by atomic mass is 16.3. The molecule has 3 aliphatic rings. The number of aliphatic hydroxyl groups excluding tert-OH is 3. The van der Waals surface area contributed by atoms with Gasteiger partial charge in [0, 0.05) is 12.8 Å². The minimum Gasteiger partial charge on any atom is -0.393 e. The summed E-state index contributed by atoms with van der Waals surface area (Å²) in [6, 6.07) is 0. The first-order valence-electron chi connectivity index (χ1n) is 12.3. The Morgan fingerprint density at radius 3 is 2.61 bits per heavy atom. The molecule has 4 heteroatoms. The molecule has 0 saturated heterocycles. The molecule has 31 heavy (non-hydrogen) atoms. The lowest BCUT2D eigenvalue weighted by Gasteiger charge is -2.47. The summed E-state index contributed by atoms with van der Waals surface area (Å²) in [7, 11) is 0. The van der Waals surface area contributed by atoms with E-state index in [0.717, 1.165) is 49.7 Å². The van der Waals surface area contributed by atoms with E-state index >= 15 is 0 Å². The second-order valence-electron chi connectivity index (χ2n) is 11.5. The fourth-order valence-electron chi connectivity index (χ4n) is 6.97. The van der Waals surface area contributed by atoms with Crippen molar-refractivity contribution in [2.24, 2.45) is 23.2 Å². The molecule has 3 fully saturated rings. The van der Waals surface area contributed by atoms with Crippen LogP contribution in [-0.2, 0) is 0 Å². The van der Waals surface area contributed by atoms with Gasteiger partial charge in [-0.2, -0.15) is 0 Å². The van der Waals surface area contributed by atoms with Crippen molar-refractivity contribution in [3.05, 3.63) is 35.5 Å². The standard InChI is InChI=1S/C27H44O4/c1-17(2)13-22(29)16-27(5,31)25-11-10-23-19(7-6-12-26(23,25)4)8-9-20-14-21(28)15-24(30)18(20)3/h8-9,17,21-25,28-31H,3,6-7,10-16H2,1-2,4-5H3/b19-8+,20-9-/t21-,22+,23+,24+,25+,26+,27+/m1/s1. The van der Waals surface area contributed by atoms with E-state index in [2.05, 4.69) is 39.5 Å². The topological polar surface area (TPSA) is 80.9 Å². The monoisotopic (exact) mass is 432 g/mol. The first-order chi connectivity index (χ1) is 14.4. The van der Waals surface area contributed by atoms with Gasteiger partial charge in [0.2, 0.25) is 0 Å².